The van der Waals surface area contributed by atoms with Crippen molar-refractivity contribution < 1.29 is 8.42 Å². The van der Waals surface area contributed by atoms with Crippen LogP contribution in [-0.4, -0.2) is 18.8 Å². The Morgan fingerprint density at radius 1 is 1.10 bits per heavy atom. The van der Waals surface area contributed by atoms with Gasteiger partial charge in [0, 0.05) is 6.04 Å². The minimum absolute atomic E-state index is 0.0530. The van der Waals surface area contributed by atoms with Crippen molar-refractivity contribution >= 4 is 10.0 Å². The van der Waals surface area contributed by atoms with Gasteiger partial charge in [0.1, 0.15) is 0 Å². The number of rotatable bonds is 2. The maximum absolute atomic E-state index is 13.0. The van der Waals surface area contributed by atoms with Crippen LogP contribution in [0.2, 0.25) is 0 Å². The van der Waals surface area contributed by atoms with Gasteiger partial charge in [0.05, 0.1) is 10.4 Å². The van der Waals surface area contributed by atoms with E-state index < -0.39 is 15.6 Å². The lowest BCUT2D eigenvalue weighted by Gasteiger charge is -2.33. The van der Waals surface area contributed by atoms with E-state index in [9.17, 15) is 8.42 Å². The molecule has 0 spiro atoms. The zero-order chi connectivity index (χ0) is 15.5. The molecule has 0 amide bonds. The zero-order valence-corrected chi connectivity index (χ0v) is 14.3. The Kier molecular flexibility index (Phi) is 3.54. The highest BCUT2D eigenvalue weighted by atomic mass is 32.2. The van der Waals surface area contributed by atoms with E-state index in [4.69, 9.17) is 0 Å². The predicted molar refractivity (Wildman–Crippen MR) is 82.5 cm³/mol. The Morgan fingerprint density at radius 2 is 1.65 bits per heavy atom. The summed E-state index contributed by atoms with van der Waals surface area (Å²) in [6.45, 7) is 14.0. The molecule has 1 aromatic rings. The maximum Gasteiger partial charge on any atom is 0.244 e. The molecule has 3 nitrogen and oxygen atoms in total. The molecule has 0 fully saturated rings. The number of benzene rings is 1. The number of aryl methyl sites for hydroxylation is 1. The number of hydrogen-bond donors (Lipinski definition) is 0. The fourth-order valence-electron chi connectivity index (χ4n) is 3.41. The van der Waals surface area contributed by atoms with Crippen molar-refractivity contribution in [1.29, 1.82) is 0 Å². The molecule has 0 bridgehead atoms. The molecule has 0 aromatic heterocycles. The van der Waals surface area contributed by atoms with E-state index in [-0.39, 0.29) is 12.0 Å². The number of nitrogens with zero attached hydrogens (tertiary/aromatic N) is 1. The van der Waals surface area contributed by atoms with Crippen molar-refractivity contribution in [3.63, 3.8) is 0 Å². The Hall–Kier alpha value is -0.870. The average Bonchev–Trinajstić information content (AvgIpc) is 2.40. The fraction of sp³-hybridized carbons (Fsp3) is 0.625. The van der Waals surface area contributed by atoms with Crippen LogP contribution in [0.1, 0.15) is 64.2 Å². The Morgan fingerprint density at radius 3 is 2.10 bits per heavy atom. The van der Waals surface area contributed by atoms with Crippen LogP contribution in [0.4, 0.5) is 0 Å². The predicted octanol–water partition coefficient (Wildman–Crippen LogP) is 3.77. The second-order valence-corrected chi connectivity index (χ2v) is 8.59. The van der Waals surface area contributed by atoms with Crippen LogP contribution in [0.3, 0.4) is 0 Å². The minimum Gasteiger partial charge on any atom is -0.207 e. The molecule has 112 valence electrons. The third kappa shape index (κ3) is 2.01. The van der Waals surface area contributed by atoms with Gasteiger partial charge in [-0.25, -0.2) is 8.42 Å². The van der Waals surface area contributed by atoms with Gasteiger partial charge < -0.3 is 0 Å². The van der Waals surface area contributed by atoms with Crippen molar-refractivity contribution in [2.24, 2.45) is 0 Å². The molecule has 20 heavy (non-hydrogen) atoms. The molecular weight excluding hydrogens is 270 g/mol. The maximum atomic E-state index is 13.0. The number of hydrogen-bond acceptors (Lipinski definition) is 2. The van der Waals surface area contributed by atoms with Crippen LogP contribution in [0.5, 0.6) is 0 Å². The molecule has 1 aromatic carbocycles. The largest absolute Gasteiger partial charge is 0.244 e. The van der Waals surface area contributed by atoms with Gasteiger partial charge >= 0.3 is 0 Å². The summed E-state index contributed by atoms with van der Waals surface area (Å²) in [4.78, 5) is 0.539. The summed E-state index contributed by atoms with van der Waals surface area (Å²) in [5.74, 6) is 0.196. The summed E-state index contributed by atoms with van der Waals surface area (Å²) in [6.07, 6.45) is 0. The average molecular weight is 295 g/mol. The molecule has 0 radical (unpaired) electrons. The smallest absolute Gasteiger partial charge is 0.207 e. The normalized spacial score (nSPS) is 20.6. The lowest BCUT2D eigenvalue weighted by molar-refractivity contribution is 0.204. The van der Waals surface area contributed by atoms with E-state index in [1.807, 2.05) is 46.8 Å². The quantitative estimate of drug-likeness (QED) is 0.833. The number of sulfonamides is 1. The van der Waals surface area contributed by atoms with Crippen LogP contribution in [0, 0.1) is 6.92 Å². The Bertz CT molecular complexity index is 643. The van der Waals surface area contributed by atoms with Gasteiger partial charge in [0.2, 0.25) is 10.0 Å². The first-order chi connectivity index (χ1) is 9.01. The topological polar surface area (TPSA) is 37.4 Å². The first-order valence-electron chi connectivity index (χ1n) is 7.20. The van der Waals surface area contributed by atoms with Gasteiger partial charge in [0.25, 0.3) is 0 Å². The van der Waals surface area contributed by atoms with Crippen molar-refractivity contribution in [2.75, 3.05) is 0 Å². The molecule has 2 rings (SSSR count). The molecule has 1 aliphatic rings. The van der Waals surface area contributed by atoms with E-state index in [2.05, 4.69) is 13.8 Å². The van der Waals surface area contributed by atoms with E-state index in [1.165, 1.54) is 0 Å². The summed E-state index contributed by atoms with van der Waals surface area (Å²) in [5.41, 5.74) is 2.52. The molecule has 0 saturated carbocycles. The summed E-state index contributed by atoms with van der Waals surface area (Å²) in [6, 6.07) is 3.99. The summed E-state index contributed by atoms with van der Waals surface area (Å²) in [7, 11) is -3.41. The standard InChI is InChI=1S/C16H25NO2S/c1-10(2)13-8-12(5)9-14-15(13)20(18,19)17(11(3)4)16(14,6)7/h8-11H,1-7H3. The number of fused-ring (bicyclic) bond motifs is 1. The molecular formula is C16H25NO2S. The van der Waals surface area contributed by atoms with E-state index in [1.54, 1.807) is 4.31 Å². The Balaban J connectivity index is 2.89. The molecule has 0 unspecified atom stereocenters. The van der Waals surface area contributed by atoms with Crippen LogP contribution >= 0.6 is 0 Å². The molecule has 0 N–H and O–H groups in total. The van der Waals surface area contributed by atoms with Crippen molar-refractivity contribution in [3.8, 4) is 0 Å². The molecule has 0 aliphatic carbocycles. The molecule has 0 saturated heterocycles. The third-order valence-electron chi connectivity index (χ3n) is 4.08. The second-order valence-electron chi connectivity index (χ2n) is 6.84. The van der Waals surface area contributed by atoms with Crippen LogP contribution in [0.25, 0.3) is 0 Å². The zero-order valence-electron chi connectivity index (χ0n) is 13.5. The monoisotopic (exact) mass is 295 g/mol. The van der Waals surface area contributed by atoms with Gasteiger partial charge in [-0.15, -0.1) is 0 Å². The molecule has 0 atom stereocenters. The van der Waals surface area contributed by atoms with Gasteiger partial charge in [-0.3, -0.25) is 0 Å². The van der Waals surface area contributed by atoms with E-state index in [0.717, 1.165) is 16.7 Å². The molecule has 1 heterocycles. The van der Waals surface area contributed by atoms with E-state index in [0.29, 0.717) is 4.90 Å². The minimum atomic E-state index is -3.41. The van der Waals surface area contributed by atoms with Crippen molar-refractivity contribution in [2.45, 2.75) is 70.9 Å². The lowest BCUT2D eigenvalue weighted by atomic mass is 9.88. The summed E-state index contributed by atoms with van der Waals surface area (Å²) < 4.78 is 27.7. The fourth-order valence-corrected chi connectivity index (χ4v) is 6.04. The Labute approximate surface area is 123 Å². The van der Waals surface area contributed by atoms with Gasteiger partial charge in [-0.2, -0.15) is 4.31 Å². The highest BCUT2D eigenvalue weighted by molar-refractivity contribution is 7.89. The van der Waals surface area contributed by atoms with Crippen molar-refractivity contribution in [1.82, 2.24) is 4.31 Å². The van der Waals surface area contributed by atoms with Gasteiger partial charge in [-0.1, -0.05) is 31.5 Å². The van der Waals surface area contributed by atoms with Crippen LogP contribution in [-0.2, 0) is 15.6 Å². The summed E-state index contributed by atoms with van der Waals surface area (Å²) in [5, 5.41) is 0. The SMILES string of the molecule is Cc1cc(C(C)C)c2c(c1)C(C)(C)N(C(C)C)S2(=O)=O. The van der Waals surface area contributed by atoms with Crippen LogP contribution in [0.15, 0.2) is 17.0 Å². The highest BCUT2D eigenvalue weighted by Gasteiger charge is 2.50. The third-order valence-corrected chi connectivity index (χ3v) is 6.45. The summed E-state index contributed by atoms with van der Waals surface area (Å²) >= 11 is 0. The second kappa shape index (κ2) is 4.57. The molecule has 1 aliphatic heterocycles. The lowest BCUT2D eigenvalue weighted by Crippen LogP contribution is -2.43. The van der Waals surface area contributed by atoms with Crippen LogP contribution < -0.4 is 0 Å². The van der Waals surface area contributed by atoms with Gasteiger partial charge in [-0.05, 0) is 51.7 Å². The van der Waals surface area contributed by atoms with E-state index >= 15 is 0 Å². The van der Waals surface area contributed by atoms with Gasteiger partial charge in [0.15, 0.2) is 0 Å². The first-order valence-corrected chi connectivity index (χ1v) is 8.64. The van der Waals surface area contributed by atoms with Crippen molar-refractivity contribution in [3.05, 3.63) is 28.8 Å². The first kappa shape index (κ1) is 15.5. The highest BCUT2D eigenvalue weighted by Crippen LogP contribution is 2.48. The molecule has 4 heteroatoms.